The molecule has 0 aromatic heterocycles. The van der Waals surface area contributed by atoms with Gasteiger partial charge in [-0.3, -0.25) is 9.69 Å². The van der Waals surface area contributed by atoms with E-state index in [-0.39, 0.29) is 0 Å². The van der Waals surface area contributed by atoms with Crippen molar-refractivity contribution < 1.29 is 9.90 Å². The second-order valence-corrected chi connectivity index (χ2v) is 6.34. The van der Waals surface area contributed by atoms with Gasteiger partial charge in [-0.25, -0.2) is 0 Å². The molecule has 0 bridgehead atoms. The van der Waals surface area contributed by atoms with E-state index in [2.05, 4.69) is 16.3 Å². The predicted molar refractivity (Wildman–Crippen MR) is 95.6 cm³/mol. The minimum Gasteiger partial charge on any atom is -0.378 e. The van der Waals surface area contributed by atoms with Crippen LogP contribution in [0, 0.1) is 0 Å². The van der Waals surface area contributed by atoms with Crippen molar-refractivity contribution in [2.24, 2.45) is 0 Å². The fraction of sp³-hybridized carbons (Fsp3) is 0.350. The monoisotopic (exact) mass is 324 g/mol. The number of amides is 1. The number of nitrogens with zero attached hydrogens (tertiary/aromatic N) is 1. The van der Waals surface area contributed by atoms with Crippen molar-refractivity contribution in [3.63, 3.8) is 0 Å². The highest BCUT2D eigenvalue weighted by atomic mass is 16.3. The van der Waals surface area contributed by atoms with Crippen LogP contribution in [0.1, 0.15) is 36.5 Å². The van der Waals surface area contributed by atoms with Gasteiger partial charge >= 0.3 is 0 Å². The first-order valence-electron chi connectivity index (χ1n) is 8.57. The Morgan fingerprint density at radius 2 is 1.79 bits per heavy atom. The van der Waals surface area contributed by atoms with E-state index in [0.717, 1.165) is 25.3 Å². The van der Waals surface area contributed by atoms with Gasteiger partial charge in [-0.2, -0.15) is 0 Å². The lowest BCUT2D eigenvalue weighted by Gasteiger charge is -2.26. The molecule has 1 heterocycles. The van der Waals surface area contributed by atoms with Crippen LogP contribution < -0.4 is 5.32 Å². The molecular formula is C20H24N2O2. The molecule has 1 aliphatic heterocycles. The SMILES string of the molecule is O=C(Nc1cccc(CN2CCCCC2)c1)C(O)c1ccccc1. The second-order valence-electron chi connectivity index (χ2n) is 6.34. The zero-order valence-electron chi connectivity index (χ0n) is 13.8. The molecule has 24 heavy (non-hydrogen) atoms. The molecule has 4 heteroatoms. The number of hydrogen-bond acceptors (Lipinski definition) is 3. The van der Waals surface area contributed by atoms with E-state index < -0.39 is 12.0 Å². The van der Waals surface area contributed by atoms with E-state index in [1.54, 1.807) is 12.1 Å². The fourth-order valence-corrected chi connectivity index (χ4v) is 3.12. The first-order chi connectivity index (χ1) is 11.7. The first kappa shape index (κ1) is 16.7. The van der Waals surface area contributed by atoms with Gasteiger partial charge in [0, 0.05) is 12.2 Å². The Labute approximate surface area is 143 Å². The summed E-state index contributed by atoms with van der Waals surface area (Å²) in [6, 6.07) is 16.9. The summed E-state index contributed by atoms with van der Waals surface area (Å²) in [5.41, 5.74) is 2.51. The number of carbonyl (C=O) groups is 1. The number of carbonyl (C=O) groups excluding carboxylic acids is 1. The van der Waals surface area contributed by atoms with Crippen LogP contribution in [0.4, 0.5) is 5.69 Å². The zero-order chi connectivity index (χ0) is 16.8. The molecule has 2 aromatic carbocycles. The van der Waals surface area contributed by atoms with Crippen LogP contribution in [0.15, 0.2) is 54.6 Å². The van der Waals surface area contributed by atoms with Gasteiger partial charge < -0.3 is 10.4 Å². The highest BCUT2D eigenvalue weighted by molar-refractivity contribution is 5.94. The number of benzene rings is 2. The van der Waals surface area contributed by atoms with Gasteiger partial charge in [0.2, 0.25) is 0 Å². The third kappa shape index (κ3) is 4.43. The minimum atomic E-state index is -1.16. The van der Waals surface area contributed by atoms with E-state index in [9.17, 15) is 9.90 Å². The van der Waals surface area contributed by atoms with E-state index in [0.29, 0.717) is 5.56 Å². The number of aliphatic hydroxyl groups excluding tert-OH is 1. The summed E-state index contributed by atoms with van der Waals surface area (Å²) in [4.78, 5) is 14.7. The molecule has 1 fully saturated rings. The molecule has 2 N–H and O–H groups in total. The highest BCUT2D eigenvalue weighted by Gasteiger charge is 2.17. The van der Waals surface area contributed by atoms with Gasteiger partial charge in [0.05, 0.1) is 0 Å². The van der Waals surface area contributed by atoms with Crippen LogP contribution in [0.25, 0.3) is 0 Å². The maximum atomic E-state index is 12.2. The number of piperidine rings is 1. The Bertz CT molecular complexity index is 666. The molecule has 2 aromatic rings. The van der Waals surface area contributed by atoms with Crippen LogP contribution in [0.3, 0.4) is 0 Å². The van der Waals surface area contributed by atoms with Gasteiger partial charge in [0.1, 0.15) is 0 Å². The van der Waals surface area contributed by atoms with Crippen LogP contribution in [0.5, 0.6) is 0 Å². The average Bonchev–Trinajstić information content (AvgIpc) is 2.63. The van der Waals surface area contributed by atoms with E-state index in [1.807, 2.05) is 36.4 Å². The van der Waals surface area contributed by atoms with Crippen LogP contribution in [0.2, 0.25) is 0 Å². The Morgan fingerprint density at radius 1 is 1.04 bits per heavy atom. The van der Waals surface area contributed by atoms with Crippen LogP contribution in [-0.4, -0.2) is 29.0 Å². The lowest BCUT2D eigenvalue weighted by atomic mass is 10.1. The summed E-state index contributed by atoms with van der Waals surface area (Å²) in [5, 5.41) is 13.0. The normalized spacial score (nSPS) is 16.5. The smallest absolute Gasteiger partial charge is 0.257 e. The number of rotatable bonds is 5. The number of nitrogens with one attached hydrogen (secondary N) is 1. The van der Waals surface area contributed by atoms with Crippen LogP contribution in [-0.2, 0) is 11.3 Å². The molecule has 0 saturated carbocycles. The Hall–Kier alpha value is -2.17. The van der Waals surface area contributed by atoms with E-state index in [1.165, 1.54) is 24.8 Å². The summed E-state index contributed by atoms with van der Waals surface area (Å²) >= 11 is 0. The summed E-state index contributed by atoms with van der Waals surface area (Å²) in [7, 11) is 0. The summed E-state index contributed by atoms with van der Waals surface area (Å²) in [6.07, 6.45) is 2.69. The Kier molecular flexibility index (Phi) is 5.62. The van der Waals surface area contributed by atoms with Crippen molar-refractivity contribution >= 4 is 11.6 Å². The van der Waals surface area contributed by atoms with Crippen molar-refractivity contribution in [3.05, 3.63) is 65.7 Å². The molecule has 3 rings (SSSR count). The number of aliphatic hydroxyl groups is 1. The number of likely N-dealkylation sites (tertiary alicyclic amines) is 1. The third-order valence-electron chi connectivity index (χ3n) is 4.41. The average molecular weight is 324 g/mol. The zero-order valence-corrected chi connectivity index (χ0v) is 13.8. The molecule has 0 spiro atoms. The van der Waals surface area contributed by atoms with Crippen molar-refractivity contribution in [1.29, 1.82) is 0 Å². The molecule has 1 amide bonds. The van der Waals surface area contributed by atoms with Crippen LogP contribution >= 0.6 is 0 Å². The van der Waals surface area contributed by atoms with E-state index >= 15 is 0 Å². The molecule has 1 atom stereocenters. The number of hydrogen-bond donors (Lipinski definition) is 2. The lowest BCUT2D eigenvalue weighted by Crippen LogP contribution is -2.29. The summed E-state index contributed by atoms with van der Waals surface area (Å²) < 4.78 is 0. The standard InChI is InChI=1S/C20H24N2O2/c23-19(17-9-3-1-4-10-17)20(24)21-18-11-7-8-16(14-18)15-22-12-5-2-6-13-22/h1,3-4,7-11,14,19,23H,2,5-6,12-13,15H2,(H,21,24). The largest absolute Gasteiger partial charge is 0.378 e. The topological polar surface area (TPSA) is 52.6 Å². The Morgan fingerprint density at radius 3 is 2.54 bits per heavy atom. The summed E-state index contributed by atoms with van der Waals surface area (Å²) in [5.74, 6) is -0.406. The molecule has 126 valence electrons. The van der Waals surface area contributed by atoms with E-state index in [4.69, 9.17) is 0 Å². The van der Waals surface area contributed by atoms with Gasteiger partial charge in [0.25, 0.3) is 5.91 Å². The second kappa shape index (κ2) is 8.08. The van der Waals surface area contributed by atoms with Gasteiger partial charge in [-0.15, -0.1) is 0 Å². The molecule has 1 aliphatic rings. The van der Waals surface area contributed by atoms with Gasteiger partial charge in [-0.1, -0.05) is 48.9 Å². The molecular weight excluding hydrogens is 300 g/mol. The molecule has 1 unspecified atom stereocenters. The van der Waals surface area contributed by atoms with Crippen molar-refractivity contribution in [2.75, 3.05) is 18.4 Å². The minimum absolute atomic E-state index is 0.406. The third-order valence-corrected chi connectivity index (χ3v) is 4.41. The Balaban J connectivity index is 1.62. The quantitative estimate of drug-likeness (QED) is 0.887. The summed E-state index contributed by atoms with van der Waals surface area (Å²) in [6.45, 7) is 3.19. The molecule has 1 saturated heterocycles. The molecule has 0 aliphatic carbocycles. The maximum Gasteiger partial charge on any atom is 0.257 e. The van der Waals surface area contributed by atoms with Crippen molar-refractivity contribution in [1.82, 2.24) is 4.90 Å². The fourth-order valence-electron chi connectivity index (χ4n) is 3.12. The first-order valence-corrected chi connectivity index (χ1v) is 8.57. The predicted octanol–water partition coefficient (Wildman–Crippen LogP) is 3.34. The number of anilines is 1. The van der Waals surface area contributed by atoms with Gasteiger partial charge in [-0.05, 0) is 49.2 Å². The maximum absolute atomic E-state index is 12.2. The van der Waals surface area contributed by atoms with Crippen molar-refractivity contribution in [3.8, 4) is 0 Å². The molecule has 0 radical (unpaired) electrons. The highest BCUT2D eigenvalue weighted by Crippen LogP contribution is 2.18. The lowest BCUT2D eigenvalue weighted by molar-refractivity contribution is -0.124. The molecule has 4 nitrogen and oxygen atoms in total. The van der Waals surface area contributed by atoms with Gasteiger partial charge in [0.15, 0.2) is 6.10 Å². The van der Waals surface area contributed by atoms with Crippen molar-refractivity contribution in [2.45, 2.75) is 31.9 Å².